The van der Waals surface area contributed by atoms with Crippen molar-refractivity contribution in [1.82, 2.24) is 19.4 Å². The minimum atomic E-state index is -0.862. The molecule has 0 radical (unpaired) electrons. The number of nitrogens with zero attached hydrogens (tertiary/aromatic N) is 4. The van der Waals surface area contributed by atoms with Crippen LogP contribution in [0.4, 0.5) is 0 Å². The highest BCUT2D eigenvalue weighted by molar-refractivity contribution is 5.76. The van der Waals surface area contributed by atoms with E-state index in [2.05, 4.69) is 4.98 Å². The number of hydrogen-bond acceptors (Lipinski definition) is 5. The Morgan fingerprint density at radius 3 is 2.95 bits per heavy atom. The fraction of sp³-hybridized carbons (Fsp3) is 0.615. The lowest BCUT2D eigenvalue weighted by atomic mass is 10.0. The highest BCUT2D eigenvalue weighted by Gasteiger charge is 2.38. The third-order valence-corrected chi connectivity index (χ3v) is 3.38. The van der Waals surface area contributed by atoms with E-state index < -0.39 is 11.3 Å². The minimum Gasteiger partial charge on any atom is -0.387 e. The Balaban J connectivity index is 1.98. The molecule has 2 rings (SSSR count). The van der Waals surface area contributed by atoms with E-state index in [1.165, 1.54) is 17.0 Å². The summed E-state index contributed by atoms with van der Waals surface area (Å²) in [5, 5.41) is 10.4. The summed E-state index contributed by atoms with van der Waals surface area (Å²) in [4.78, 5) is 30.7. The van der Waals surface area contributed by atoms with Crippen molar-refractivity contribution in [2.75, 3.05) is 33.7 Å². The number of carbonyl (C=O) groups excluding carboxylic acids is 1. The Bertz CT molecular complexity index is 542. The van der Waals surface area contributed by atoms with Gasteiger partial charge in [0.2, 0.25) is 5.91 Å². The van der Waals surface area contributed by atoms with Crippen molar-refractivity contribution in [1.29, 1.82) is 0 Å². The molecule has 7 nitrogen and oxygen atoms in total. The molecule has 0 bridgehead atoms. The Morgan fingerprint density at radius 2 is 2.30 bits per heavy atom. The number of amides is 1. The van der Waals surface area contributed by atoms with Crippen molar-refractivity contribution in [3.63, 3.8) is 0 Å². The molecular formula is C13H20N4O3. The van der Waals surface area contributed by atoms with Crippen LogP contribution in [-0.4, -0.2) is 69.7 Å². The highest BCUT2D eigenvalue weighted by Crippen LogP contribution is 2.22. The number of aliphatic hydroxyl groups is 1. The SMILES string of the molecule is CN(C)CC1(O)CCN(C(=O)Cn2cccnc2=O)C1. The number of aromatic nitrogens is 2. The first kappa shape index (κ1) is 14.7. The van der Waals surface area contributed by atoms with Crippen molar-refractivity contribution >= 4 is 5.91 Å². The van der Waals surface area contributed by atoms with E-state index in [4.69, 9.17) is 0 Å². The molecule has 1 aromatic heterocycles. The van der Waals surface area contributed by atoms with E-state index in [0.29, 0.717) is 26.1 Å². The number of β-amino-alcohol motifs (C(OH)–C–C–N with tert-alkyl or cyclic N) is 1. The number of likely N-dealkylation sites (tertiary alicyclic amines) is 1. The summed E-state index contributed by atoms with van der Waals surface area (Å²) in [6, 6.07) is 1.61. The first-order valence-electron chi connectivity index (χ1n) is 6.56. The summed E-state index contributed by atoms with van der Waals surface area (Å²) in [5.41, 5.74) is -1.30. The van der Waals surface area contributed by atoms with Crippen LogP contribution in [0, 0.1) is 0 Å². The minimum absolute atomic E-state index is 0.0370. The van der Waals surface area contributed by atoms with E-state index in [1.807, 2.05) is 19.0 Å². The summed E-state index contributed by atoms with van der Waals surface area (Å²) in [7, 11) is 3.77. The van der Waals surface area contributed by atoms with Crippen LogP contribution in [-0.2, 0) is 11.3 Å². The molecular weight excluding hydrogens is 260 g/mol. The van der Waals surface area contributed by atoms with E-state index in [1.54, 1.807) is 11.0 Å². The largest absolute Gasteiger partial charge is 0.387 e. The smallest absolute Gasteiger partial charge is 0.347 e. The third-order valence-electron chi connectivity index (χ3n) is 3.38. The molecule has 1 amide bonds. The quantitative estimate of drug-likeness (QED) is 0.747. The highest BCUT2D eigenvalue weighted by atomic mass is 16.3. The van der Waals surface area contributed by atoms with Gasteiger partial charge in [-0.15, -0.1) is 0 Å². The first-order valence-corrected chi connectivity index (χ1v) is 6.56. The van der Waals surface area contributed by atoms with E-state index in [0.717, 1.165) is 0 Å². The van der Waals surface area contributed by atoms with Gasteiger partial charge in [0.1, 0.15) is 6.54 Å². The van der Waals surface area contributed by atoms with Crippen molar-refractivity contribution in [3.05, 3.63) is 28.9 Å². The van der Waals surface area contributed by atoms with E-state index >= 15 is 0 Å². The van der Waals surface area contributed by atoms with Crippen molar-refractivity contribution < 1.29 is 9.90 Å². The Morgan fingerprint density at radius 1 is 1.55 bits per heavy atom. The predicted molar refractivity (Wildman–Crippen MR) is 73.2 cm³/mol. The van der Waals surface area contributed by atoms with Gasteiger partial charge >= 0.3 is 5.69 Å². The van der Waals surface area contributed by atoms with Gasteiger partial charge in [-0.3, -0.25) is 9.36 Å². The zero-order chi connectivity index (χ0) is 14.8. The van der Waals surface area contributed by atoms with Gasteiger partial charge in [-0.05, 0) is 26.6 Å². The maximum absolute atomic E-state index is 12.2. The molecule has 1 saturated heterocycles. The van der Waals surface area contributed by atoms with Crippen LogP contribution in [0.1, 0.15) is 6.42 Å². The lowest BCUT2D eigenvalue weighted by molar-refractivity contribution is -0.132. The molecule has 1 atom stereocenters. The molecule has 1 aliphatic rings. The van der Waals surface area contributed by atoms with Gasteiger partial charge in [-0.1, -0.05) is 0 Å². The first-order chi connectivity index (χ1) is 9.39. The lowest BCUT2D eigenvalue weighted by Crippen LogP contribution is -2.44. The normalized spacial score (nSPS) is 22.5. The van der Waals surface area contributed by atoms with Crippen LogP contribution in [0.15, 0.2) is 23.3 Å². The maximum atomic E-state index is 12.2. The molecule has 1 aromatic rings. The molecule has 1 aliphatic heterocycles. The molecule has 1 unspecified atom stereocenters. The van der Waals surface area contributed by atoms with Gasteiger partial charge in [0, 0.05) is 25.5 Å². The molecule has 0 aromatic carbocycles. The molecule has 2 heterocycles. The second kappa shape index (κ2) is 5.72. The van der Waals surface area contributed by atoms with Crippen molar-refractivity contribution in [2.24, 2.45) is 0 Å². The summed E-state index contributed by atoms with van der Waals surface area (Å²) < 4.78 is 1.27. The number of hydrogen-bond donors (Lipinski definition) is 1. The topological polar surface area (TPSA) is 78.7 Å². The standard InChI is InChI=1S/C13H20N4O3/c1-15(2)9-13(20)4-7-17(10-13)11(18)8-16-6-3-5-14-12(16)19/h3,5-6,20H,4,7-10H2,1-2H3. The number of likely N-dealkylation sites (N-methyl/N-ethyl adjacent to an activating group) is 1. The lowest BCUT2D eigenvalue weighted by Gasteiger charge is -2.26. The molecule has 20 heavy (non-hydrogen) atoms. The molecule has 1 fully saturated rings. The Labute approximate surface area is 117 Å². The molecule has 110 valence electrons. The molecule has 1 N–H and O–H groups in total. The molecule has 7 heteroatoms. The van der Waals surface area contributed by atoms with Crippen molar-refractivity contribution in [2.45, 2.75) is 18.6 Å². The molecule has 0 saturated carbocycles. The average molecular weight is 280 g/mol. The predicted octanol–water partition coefficient (Wildman–Crippen LogP) is -1.23. The van der Waals surface area contributed by atoms with Crippen LogP contribution in [0.25, 0.3) is 0 Å². The summed E-state index contributed by atoms with van der Waals surface area (Å²) in [6.07, 6.45) is 3.49. The summed E-state index contributed by atoms with van der Waals surface area (Å²) in [5.74, 6) is -0.171. The summed E-state index contributed by atoms with van der Waals surface area (Å²) in [6.45, 7) is 1.30. The van der Waals surface area contributed by atoms with Gasteiger partial charge in [0.05, 0.1) is 12.1 Å². The second-order valence-corrected chi connectivity index (χ2v) is 5.56. The monoisotopic (exact) mass is 280 g/mol. The van der Waals surface area contributed by atoms with Gasteiger partial charge in [0.15, 0.2) is 0 Å². The molecule has 0 aliphatic carbocycles. The van der Waals surface area contributed by atoms with Gasteiger partial charge in [-0.25, -0.2) is 9.78 Å². The zero-order valence-corrected chi connectivity index (χ0v) is 11.8. The Hall–Kier alpha value is -1.73. The third kappa shape index (κ3) is 3.43. The number of carbonyl (C=O) groups is 1. The van der Waals surface area contributed by atoms with Crippen LogP contribution in [0.5, 0.6) is 0 Å². The Kier molecular flexibility index (Phi) is 4.20. The zero-order valence-electron chi connectivity index (χ0n) is 11.8. The fourth-order valence-corrected chi connectivity index (χ4v) is 2.54. The van der Waals surface area contributed by atoms with Crippen LogP contribution in [0.3, 0.4) is 0 Å². The maximum Gasteiger partial charge on any atom is 0.347 e. The average Bonchev–Trinajstić information content (AvgIpc) is 2.73. The second-order valence-electron chi connectivity index (χ2n) is 5.56. The van der Waals surface area contributed by atoms with E-state index in [-0.39, 0.29) is 12.5 Å². The van der Waals surface area contributed by atoms with Crippen LogP contribution in [0.2, 0.25) is 0 Å². The van der Waals surface area contributed by atoms with Gasteiger partial charge in [-0.2, -0.15) is 0 Å². The fourth-order valence-electron chi connectivity index (χ4n) is 2.54. The summed E-state index contributed by atoms with van der Waals surface area (Å²) >= 11 is 0. The van der Waals surface area contributed by atoms with Crippen LogP contribution < -0.4 is 5.69 Å². The van der Waals surface area contributed by atoms with Crippen molar-refractivity contribution in [3.8, 4) is 0 Å². The van der Waals surface area contributed by atoms with E-state index in [9.17, 15) is 14.7 Å². The van der Waals surface area contributed by atoms with Gasteiger partial charge in [0.25, 0.3) is 0 Å². The number of rotatable bonds is 4. The van der Waals surface area contributed by atoms with Crippen LogP contribution >= 0.6 is 0 Å². The molecule has 0 spiro atoms. The van der Waals surface area contributed by atoms with Gasteiger partial charge < -0.3 is 14.9 Å².